The number of nitrogens with zero attached hydrogens (tertiary/aromatic N) is 2. The first-order valence-corrected chi connectivity index (χ1v) is 19.0. The first kappa shape index (κ1) is 30.7. The molecular weight excluding hydrogens is 641 g/mol. The minimum Gasteiger partial charge on any atom is -0.310 e. The van der Waals surface area contributed by atoms with Gasteiger partial charge in [-0.1, -0.05) is 139 Å². The van der Waals surface area contributed by atoms with E-state index in [9.17, 15) is 0 Å². The summed E-state index contributed by atoms with van der Waals surface area (Å²) in [4.78, 5) is 2.49. The van der Waals surface area contributed by atoms with Crippen LogP contribution in [0, 0.1) is 0 Å². The summed E-state index contributed by atoms with van der Waals surface area (Å²) in [6.07, 6.45) is 0. The fourth-order valence-corrected chi connectivity index (χ4v) is 10.3. The number of rotatable bonds is 4. The van der Waals surface area contributed by atoms with Crippen molar-refractivity contribution in [1.29, 1.82) is 0 Å². The topological polar surface area (TPSA) is 8.17 Å². The van der Waals surface area contributed by atoms with Crippen molar-refractivity contribution < 1.29 is 0 Å². The summed E-state index contributed by atoms with van der Waals surface area (Å²) in [5.41, 5.74) is 20.7. The molecule has 8 aromatic rings. The lowest BCUT2D eigenvalue weighted by molar-refractivity contribution is 0.594. The molecule has 7 aromatic carbocycles. The maximum atomic E-state index is 2.64. The quantitative estimate of drug-likeness (QED) is 0.179. The van der Waals surface area contributed by atoms with E-state index in [1.807, 2.05) is 0 Å². The molecule has 53 heavy (non-hydrogen) atoms. The zero-order valence-electron chi connectivity index (χ0n) is 31.3. The molecule has 0 atom stereocenters. The normalized spacial score (nSPS) is 16.2. The lowest BCUT2D eigenvalue weighted by Gasteiger charge is -2.42. The lowest BCUT2D eigenvalue weighted by atomic mass is 9.68. The van der Waals surface area contributed by atoms with Gasteiger partial charge in [0.2, 0.25) is 0 Å². The summed E-state index contributed by atoms with van der Waals surface area (Å²) in [5, 5.41) is 2.64. The highest BCUT2D eigenvalue weighted by Crippen LogP contribution is 2.57. The van der Waals surface area contributed by atoms with Crippen molar-refractivity contribution in [3.05, 3.63) is 179 Å². The maximum Gasteiger partial charge on any atom is 0.0583 e. The molecule has 0 unspecified atom stereocenters. The zero-order chi connectivity index (χ0) is 36.0. The average molecular weight is 683 g/mol. The van der Waals surface area contributed by atoms with E-state index < -0.39 is 0 Å². The van der Waals surface area contributed by atoms with Gasteiger partial charge in [0.25, 0.3) is 0 Å². The monoisotopic (exact) mass is 682 g/mol. The maximum absolute atomic E-state index is 2.64. The van der Waals surface area contributed by atoms with Gasteiger partial charge in [-0.05, 0) is 104 Å². The fourth-order valence-electron chi connectivity index (χ4n) is 10.3. The molecule has 2 nitrogen and oxygen atoms in total. The Hall–Kier alpha value is -5.86. The second kappa shape index (κ2) is 10.2. The van der Waals surface area contributed by atoms with E-state index in [0.29, 0.717) is 0 Å². The second-order valence-corrected chi connectivity index (χ2v) is 17.0. The van der Waals surface area contributed by atoms with Crippen molar-refractivity contribution in [2.45, 2.75) is 57.8 Å². The number of fused-ring (bicyclic) bond motifs is 4. The van der Waals surface area contributed by atoms with Crippen molar-refractivity contribution >= 4 is 38.9 Å². The second-order valence-electron chi connectivity index (χ2n) is 17.0. The van der Waals surface area contributed by atoms with E-state index in [4.69, 9.17) is 0 Å². The molecule has 2 aliphatic heterocycles. The molecule has 0 N–H and O–H groups in total. The van der Waals surface area contributed by atoms with Crippen molar-refractivity contribution in [2.75, 3.05) is 4.90 Å². The lowest BCUT2D eigenvalue weighted by Crippen LogP contribution is -2.33. The standard InChI is InChI=1S/C51H42N2/c1-49(2)40-21-14-13-20-36(40)37-25-24-34(29-43(37)49)52(33-18-11-8-12-19-33)35-28-39-38-26-32(31-16-9-7-10-17-31)27-44-46(38)53-47(39)45(30-35)51(5,6)42-23-15-22-41(48(42)53)50(44,3)4/h7-30H,1-6H3. The minimum atomic E-state index is -0.219. The van der Waals surface area contributed by atoms with E-state index in [1.165, 1.54) is 94.5 Å². The molecule has 2 heteroatoms. The Labute approximate surface area is 312 Å². The summed E-state index contributed by atoms with van der Waals surface area (Å²) in [5.74, 6) is 0. The van der Waals surface area contributed by atoms with Gasteiger partial charge >= 0.3 is 0 Å². The van der Waals surface area contributed by atoms with Gasteiger partial charge in [-0.2, -0.15) is 0 Å². The SMILES string of the molecule is CC1(C)c2ccccc2-c2ccc(N(c3ccccc3)c3cc4c5c(c3)c3cc(-c6ccccc6)cc6c3n5-c3c(cccc3C4(C)C)C6(C)C)cc21. The molecule has 3 aliphatic rings. The molecule has 0 saturated carbocycles. The van der Waals surface area contributed by atoms with Crippen LogP contribution < -0.4 is 4.90 Å². The number of para-hydroxylation sites is 2. The molecule has 3 heterocycles. The highest BCUT2D eigenvalue weighted by molar-refractivity contribution is 6.16. The summed E-state index contributed by atoms with van der Waals surface area (Å²) >= 11 is 0. The van der Waals surface area contributed by atoms with Gasteiger partial charge in [-0.15, -0.1) is 0 Å². The van der Waals surface area contributed by atoms with Crippen LogP contribution in [0.2, 0.25) is 0 Å². The molecule has 0 amide bonds. The Morgan fingerprint density at radius 1 is 0.377 bits per heavy atom. The van der Waals surface area contributed by atoms with Crippen molar-refractivity contribution in [3.8, 4) is 27.9 Å². The van der Waals surface area contributed by atoms with Crippen LogP contribution >= 0.6 is 0 Å². The van der Waals surface area contributed by atoms with Gasteiger partial charge in [0, 0.05) is 44.1 Å². The van der Waals surface area contributed by atoms with Crippen molar-refractivity contribution in [3.63, 3.8) is 0 Å². The van der Waals surface area contributed by atoms with Crippen molar-refractivity contribution in [2.24, 2.45) is 0 Å². The van der Waals surface area contributed by atoms with Crippen molar-refractivity contribution in [1.82, 2.24) is 4.57 Å². The molecule has 0 fully saturated rings. The Bertz CT molecular complexity index is 2850. The molecule has 0 radical (unpaired) electrons. The Kier molecular flexibility index (Phi) is 5.90. The van der Waals surface area contributed by atoms with Crippen LogP contribution in [0.1, 0.15) is 74.9 Å². The molecular formula is C51H42N2. The van der Waals surface area contributed by atoms with Crippen LogP contribution in [0.3, 0.4) is 0 Å². The van der Waals surface area contributed by atoms with Crippen LogP contribution in [-0.2, 0) is 16.2 Å². The van der Waals surface area contributed by atoms with Gasteiger partial charge in [0.15, 0.2) is 0 Å². The van der Waals surface area contributed by atoms with Crippen LogP contribution in [0.5, 0.6) is 0 Å². The van der Waals surface area contributed by atoms with Gasteiger partial charge in [-0.25, -0.2) is 0 Å². The summed E-state index contributed by atoms with van der Waals surface area (Å²) < 4.78 is 2.64. The predicted octanol–water partition coefficient (Wildman–Crippen LogP) is 13.5. The third-order valence-electron chi connectivity index (χ3n) is 13.1. The molecule has 1 aromatic heterocycles. The van der Waals surface area contributed by atoms with Crippen LogP contribution in [0.4, 0.5) is 17.1 Å². The number of anilines is 3. The molecule has 0 spiro atoms. The molecule has 0 bridgehead atoms. The smallest absolute Gasteiger partial charge is 0.0583 e. The number of hydrogen-bond donors (Lipinski definition) is 0. The van der Waals surface area contributed by atoms with Crippen LogP contribution in [0.15, 0.2) is 146 Å². The van der Waals surface area contributed by atoms with Crippen LogP contribution in [0.25, 0.3) is 49.7 Å². The van der Waals surface area contributed by atoms with Gasteiger partial charge in [-0.3, -0.25) is 0 Å². The zero-order valence-corrected chi connectivity index (χ0v) is 31.3. The third-order valence-corrected chi connectivity index (χ3v) is 13.1. The minimum absolute atomic E-state index is 0.0939. The molecule has 0 saturated heterocycles. The van der Waals surface area contributed by atoms with Gasteiger partial charge in [0.1, 0.15) is 0 Å². The Morgan fingerprint density at radius 2 is 0.925 bits per heavy atom. The Morgan fingerprint density at radius 3 is 1.64 bits per heavy atom. The number of hydrogen-bond acceptors (Lipinski definition) is 1. The number of benzene rings is 7. The van der Waals surface area contributed by atoms with E-state index in [2.05, 4.69) is 197 Å². The molecule has 256 valence electrons. The van der Waals surface area contributed by atoms with Gasteiger partial charge < -0.3 is 9.47 Å². The highest BCUT2D eigenvalue weighted by Gasteiger charge is 2.44. The van der Waals surface area contributed by atoms with E-state index in [1.54, 1.807) is 0 Å². The van der Waals surface area contributed by atoms with Crippen LogP contribution in [-0.4, -0.2) is 4.57 Å². The largest absolute Gasteiger partial charge is 0.310 e. The van der Waals surface area contributed by atoms with E-state index in [0.717, 1.165) is 5.69 Å². The molecule has 11 rings (SSSR count). The van der Waals surface area contributed by atoms with E-state index in [-0.39, 0.29) is 16.2 Å². The fraction of sp³-hybridized carbons (Fsp3) is 0.176. The molecule has 1 aliphatic carbocycles. The first-order chi connectivity index (χ1) is 25.6. The van der Waals surface area contributed by atoms with Gasteiger partial charge in [0.05, 0.1) is 16.7 Å². The predicted molar refractivity (Wildman–Crippen MR) is 223 cm³/mol. The summed E-state index contributed by atoms with van der Waals surface area (Å²) in [7, 11) is 0. The van der Waals surface area contributed by atoms with E-state index >= 15 is 0 Å². The summed E-state index contributed by atoms with van der Waals surface area (Å²) in [6, 6.07) is 54.9. The average Bonchev–Trinajstić information content (AvgIpc) is 3.62. The number of aromatic nitrogens is 1. The Balaban J connectivity index is 1.25. The first-order valence-electron chi connectivity index (χ1n) is 19.0. The summed E-state index contributed by atoms with van der Waals surface area (Å²) in [6.45, 7) is 14.5. The highest BCUT2D eigenvalue weighted by atomic mass is 15.1. The third kappa shape index (κ3) is 3.88.